The van der Waals surface area contributed by atoms with Gasteiger partial charge in [0.1, 0.15) is 0 Å². The average Bonchev–Trinajstić information content (AvgIpc) is 2.28. The molecule has 0 fully saturated rings. The van der Waals surface area contributed by atoms with Gasteiger partial charge in [-0.15, -0.1) is 0 Å². The zero-order chi connectivity index (χ0) is 13.8. The molecule has 0 aliphatic carbocycles. The lowest BCUT2D eigenvalue weighted by molar-refractivity contribution is -0.136. The first kappa shape index (κ1) is 14.9. The number of sulfone groups is 1. The van der Waals surface area contributed by atoms with Crippen LogP contribution in [0.1, 0.15) is 12.0 Å². The van der Waals surface area contributed by atoms with Gasteiger partial charge >= 0.3 is 5.97 Å². The van der Waals surface area contributed by atoms with Crippen molar-refractivity contribution in [3.63, 3.8) is 0 Å². The first-order valence-corrected chi connectivity index (χ1v) is 7.35. The number of hydrogen-bond donors (Lipinski definition) is 2. The van der Waals surface area contributed by atoms with Crippen molar-refractivity contribution in [2.45, 2.75) is 17.4 Å². The molecule has 18 heavy (non-hydrogen) atoms. The fraction of sp³-hybridized carbons (Fsp3) is 0.364. The molecule has 100 valence electrons. The van der Waals surface area contributed by atoms with Gasteiger partial charge in [-0.1, -0.05) is 29.8 Å². The molecule has 0 aliphatic heterocycles. The van der Waals surface area contributed by atoms with Crippen LogP contribution >= 0.6 is 11.6 Å². The molecular weight excluding hydrogens is 278 g/mol. The quantitative estimate of drug-likeness (QED) is 0.816. The normalized spacial score (nSPS) is 13.2. The number of nitrogens with two attached hydrogens (primary N) is 1. The van der Waals surface area contributed by atoms with E-state index in [1.54, 1.807) is 24.3 Å². The summed E-state index contributed by atoms with van der Waals surface area (Å²) in [6.45, 7) is -0.00127. The van der Waals surface area contributed by atoms with Gasteiger partial charge in [-0.05, 0) is 24.6 Å². The highest BCUT2D eigenvalue weighted by molar-refractivity contribution is 7.92. The highest BCUT2D eigenvalue weighted by Crippen LogP contribution is 2.20. The number of rotatable bonds is 6. The third kappa shape index (κ3) is 3.69. The minimum absolute atomic E-state index is 0.00127. The van der Waals surface area contributed by atoms with Crippen LogP contribution in [0, 0.1) is 0 Å². The second-order valence-corrected chi connectivity index (χ2v) is 6.39. The lowest BCUT2D eigenvalue weighted by atomic mass is 10.2. The summed E-state index contributed by atoms with van der Waals surface area (Å²) in [7, 11) is -3.82. The van der Waals surface area contributed by atoms with Gasteiger partial charge in [0.25, 0.3) is 0 Å². The fourth-order valence-electron chi connectivity index (χ4n) is 1.54. The number of benzene rings is 1. The maximum absolute atomic E-state index is 12.0. The van der Waals surface area contributed by atoms with Crippen molar-refractivity contribution in [3.8, 4) is 0 Å². The molecule has 0 spiro atoms. The van der Waals surface area contributed by atoms with Gasteiger partial charge in [-0.3, -0.25) is 4.79 Å². The highest BCUT2D eigenvalue weighted by atomic mass is 35.5. The zero-order valence-electron chi connectivity index (χ0n) is 9.54. The Balaban J connectivity index is 3.00. The molecule has 1 aromatic rings. The average molecular weight is 292 g/mol. The molecular formula is C11H14ClNO4S. The summed E-state index contributed by atoms with van der Waals surface area (Å²) in [5, 5.41) is 7.74. The topological polar surface area (TPSA) is 97.5 Å². The predicted octanol–water partition coefficient (Wildman–Crippen LogP) is 1.06. The minimum Gasteiger partial charge on any atom is -0.480 e. The van der Waals surface area contributed by atoms with Crippen LogP contribution in [0.15, 0.2) is 24.3 Å². The SMILES string of the molecule is NCCC(C(=O)O)S(=O)(=O)Cc1ccccc1Cl. The number of carboxylic acid groups (broad SMARTS) is 1. The van der Waals surface area contributed by atoms with E-state index in [1.165, 1.54) is 0 Å². The molecule has 0 heterocycles. The van der Waals surface area contributed by atoms with Crippen molar-refractivity contribution < 1.29 is 18.3 Å². The fourth-order valence-corrected chi connectivity index (χ4v) is 3.51. The third-order valence-electron chi connectivity index (χ3n) is 2.45. The molecule has 0 radical (unpaired) electrons. The van der Waals surface area contributed by atoms with Crippen molar-refractivity contribution in [3.05, 3.63) is 34.9 Å². The second-order valence-electron chi connectivity index (χ2n) is 3.80. The van der Waals surface area contributed by atoms with E-state index in [4.69, 9.17) is 22.4 Å². The summed E-state index contributed by atoms with van der Waals surface area (Å²) < 4.78 is 24.0. The molecule has 1 aromatic carbocycles. The predicted molar refractivity (Wildman–Crippen MR) is 69.2 cm³/mol. The Morgan fingerprint density at radius 2 is 2.00 bits per heavy atom. The van der Waals surface area contributed by atoms with Crippen LogP contribution in [-0.4, -0.2) is 31.3 Å². The van der Waals surface area contributed by atoms with Crippen molar-refractivity contribution in [1.82, 2.24) is 0 Å². The minimum atomic E-state index is -3.82. The number of aliphatic carboxylic acids is 1. The number of hydrogen-bond acceptors (Lipinski definition) is 4. The third-order valence-corrected chi connectivity index (χ3v) is 4.84. The Hall–Kier alpha value is -1.11. The lowest BCUT2D eigenvalue weighted by Gasteiger charge is -2.13. The molecule has 0 saturated carbocycles. The molecule has 0 aromatic heterocycles. The molecule has 0 bridgehead atoms. The van der Waals surface area contributed by atoms with Crippen molar-refractivity contribution in [2.24, 2.45) is 5.73 Å². The van der Waals surface area contributed by atoms with E-state index in [0.29, 0.717) is 10.6 Å². The van der Waals surface area contributed by atoms with Crippen molar-refractivity contribution >= 4 is 27.4 Å². The first-order valence-electron chi connectivity index (χ1n) is 5.26. The van der Waals surface area contributed by atoms with Gasteiger partial charge < -0.3 is 10.8 Å². The standard InChI is InChI=1S/C11H14ClNO4S/c12-9-4-2-1-3-8(9)7-18(16,17)10(5-6-13)11(14)15/h1-4,10H,5-7,13H2,(H,14,15). The molecule has 5 nitrogen and oxygen atoms in total. The van der Waals surface area contributed by atoms with Gasteiger partial charge in [0.2, 0.25) is 0 Å². The molecule has 0 amide bonds. The Bertz CT molecular complexity index is 530. The van der Waals surface area contributed by atoms with Gasteiger partial charge in [0, 0.05) is 5.02 Å². The molecule has 1 rings (SSSR count). The zero-order valence-corrected chi connectivity index (χ0v) is 11.1. The van der Waals surface area contributed by atoms with E-state index >= 15 is 0 Å². The van der Waals surface area contributed by atoms with Gasteiger partial charge in [0.15, 0.2) is 15.1 Å². The van der Waals surface area contributed by atoms with Crippen LogP contribution in [0.2, 0.25) is 5.02 Å². The molecule has 7 heteroatoms. The second kappa shape index (κ2) is 6.17. The summed E-state index contributed by atoms with van der Waals surface area (Å²) >= 11 is 5.86. The summed E-state index contributed by atoms with van der Waals surface area (Å²) in [6, 6.07) is 6.44. The Labute approximate surface area is 110 Å². The van der Waals surface area contributed by atoms with Gasteiger partial charge in [-0.25, -0.2) is 8.42 Å². The summed E-state index contributed by atoms with van der Waals surface area (Å²) in [5.74, 6) is -1.78. The van der Waals surface area contributed by atoms with Gasteiger partial charge in [0.05, 0.1) is 5.75 Å². The highest BCUT2D eigenvalue weighted by Gasteiger charge is 2.32. The van der Waals surface area contributed by atoms with E-state index in [0.717, 1.165) is 0 Å². The number of carbonyl (C=O) groups is 1. The Morgan fingerprint density at radius 1 is 1.39 bits per heavy atom. The summed E-state index contributed by atoms with van der Waals surface area (Å²) in [4.78, 5) is 10.9. The van der Waals surface area contributed by atoms with E-state index in [1.807, 2.05) is 0 Å². The lowest BCUT2D eigenvalue weighted by Crippen LogP contribution is -2.33. The van der Waals surface area contributed by atoms with E-state index in [-0.39, 0.29) is 13.0 Å². The van der Waals surface area contributed by atoms with E-state index < -0.39 is 26.8 Å². The summed E-state index contributed by atoms with van der Waals surface area (Å²) in [6.07, 6.45) is -0.109. The van der Waals surface area contributed by atoms with E-state index in [2.05, 4.69) is 0 Å². The van der Waals surface area contributed by atoms with Crippen molar-refractivity contribution in [1.29, 1.82) is 0 Å². The smallest absolute Gasteiger partial charge is 0.321 e. The monoisotopic (exact) mass is 291 g/mol. The van der Waals surface area contributed by atoms with Gasteiger partial charge in [-0.2, -0.15) is 0 Å². The van der Waals surface area contributed by atoms with E-state index in [9.17, 15) is 13.2 Å². The van der Waals surface area contributed by atoms with Crippen LogP contribution in [0.4, 0.5) is 0 Å². The summed E-state index contributed by atoms with van der Waals surface area (Å²) in [5.41, 5.74) is 5.62. The molecule has 1 atom stereocenters. The van der Waals surface area contributed by atoms with Crippen molar-refractivity contribution in [2.75, 3.05) is 6.54 Å². The largest absolute Gasteiger partial charge is 0.480 e. The van der Waals surface area contributed by atoms with Crippen LogP contribution in [0.3, 0.4) is 0 Å². The maximum Gasteiger partial charge on any atom is 0.321 e. The van der Waals surface area contributed by atoms with Crippen LogP contribution in [0.5, 0.6) is 0 Å². The Morgan fingerprint density at radius 3 is 2.50 bits per heavy atom. The maximum atomic E-state index is 12.0. The molecule has 0 aliphatic rings. The van der Waals surface area contributed by atoms with Crippen LogP contribution in [-0.2, 0) is 20.4 Å². The first-order chi connectivity index (χ1) is 8.38. The molecule has 1 unspecified atom stereocenters. The van der Waals surface area contributed by atoms with Crippen LogP contribution < -0.4 is 5.73 Å². The number of halogens is 1. The number of carboxylic acids is 1. The molecule has 3 N–H and O–H groups in total. The molecule has 0 saturated heterocycles. The Kier molecular flexibility index (Phi) is 5.13. The van der Waals surface area contributed by atoms with Crippen LogP contribution in [0.25, 0.3) is 0 Å².